The first-order chi connectivity index (χ1) is 13.9. The quantitative estimate of drug-likeness (QED) is 0.768. The summed E-state index contributed by atoms with van der Waals surface area (Å²) in [5, 5.41) is 0.536. The highest BCUT2D eigenvalue weighted by Gasteiger charge is 2.35. The van der Waals surface area contributed by atoms with Gasteiger partial charge in [-0.15, -0.1) is 0 Å². The number of benzene rings is 1. The Morgan fingerprint density at radius 1 is 1.21 bits per heavy atom. The Morgan fingerprint density at radius 3 is 2.55 bits per heavy atom. The minimum atomic E-state index is -0.156. The Kier molecular flexibility index (Phi) is 5.41. The number of amides is 1. The Hall–Kier alpha value is -2.67. The molecule has 1 fully saturated rings. The maximum absolute atomic E-state index is 12.7. The minimum absolute atomic E-state index is 0.0608. The van der Waals surface area contributed by atoms with Gasteiger partial charge in [0, 0.05) is 51.0 Å². The lowest BCUT2D eigenvalue weighted by molar-refractivity contribution is 0.0452. The molecule has 1 aromatic carbocycles. The Balaban J connectivity index is 1.37. The molecular formula is C21H23ClN4O3. The van der Waals surface area contributed by atoms with E-state index in [2.05, 4.69) is 9.97 Å². The third kappa shape index (κ3) is 4.05. The van der Waals surface area contributed by atoms with Crippen LogP contribution in [0.5, 0.6) is 5.75 Å². The standard InChI is InChI=1S/C21H23ClN4O3/c1-25(2)21-23-11-14(12-24-21)20(28)26-7-5-13(6-8-26)19-10-17(27)16-9-15(22)3-4-18(16)29-19/h3-4,9,11-13,19H,5-8,10H2,1-2H3/t19-/m1/s1. The number of carbonyl (C=O) groups excluding carboxylic acids is 2. The molecule has 0 spiro atoms. The van der Waals surface area contributed by atoms with Gasteiger partial charge in [-0.3, -0.25) is 9.59 Å². The van der Waals surface area contributed by atoms with Crippen LogP contribution in [0.15, 0.2) is 30.6 Å². The summed E-state index contributed by atoms with van der Waals surface area (Å²) in [6, 6.07) is 5.17. The second-order valence-corrected chi connectivity index (χ2v) is 8.16. The summed E-state index contributed by atoms with van der Waals surface area (Å²) in [7, 11) is 3.71. The zero-order chi connectivity index (χ0) is 20.5. The number of carbonyl (C=O) groups is 2. The van der Waals surface area contributed by atoms with Crippen LogP contribution in [0.3, 0.4) is 0 Å². The van der Waals surface area contributed by atoms with Crippen LogP contribution in [-0.4, -0.2) is 59.8 Å². The van der Waals surface area contributed by atoms with Crippen LogP contribution >= 0.6 is 11.6 Å². The molecule has 0 saturated carbocycles. The summed E-state index contributed by atoms with van der Waals surface area (Å²) in [6.07, 6.45) is 4.93. The fourth-order valence-corrected chi connectivity index (χ4v) is 4.07. The molecule has 1 saturated heterocycles. The molecule has 0 N–H and O–H groups in total. The van der Waals surface area contributed by atoms with Gasteiger partial charge in [0.2, 0.25) is 5.95 Å². The number of nitrogens with zero attached hydrogens (tertiary/aromatic N) is 4. The molecule has 2 aromatic rings. The molecule has 1 atom stereocenters. The molecule has 0 aliphatic carbocycles. The Morgan fingerprint density at radius 2 is 1.90 bits per heavy atom. The lowest BCUT2D eigenvalue weighted by Crippen LogP contribution is -2.44. The van der Waals surface area contributed by atoms with Crippen LogP contribution in [0.4, 0.5) is 5.95 Å². The summed E-state index contributed by atoms with van der Waals surface area (Å²) in [4.78, 5) is 37.3. The van der Waals surface area contributed by atoms with Crippen LogP contribution in [0, 0.1) is 5.92 Å². The molecular weight excluding hydrogens is 392 g/mol. The Labute approximate surface area is 174 Å². The molecule has 152 valence electrons. The number of piperidine rings is 1. The van der Waals surface area contributed by atoms with E-state index < -0.39 is 0 Å². The smallest absolute Gasteiger partial charge is 0.256 e. The monoisotopic (exact) mass is 414 g/mol. The molecule has 0 unspecified atom stereocenters. The van der Waals surface area contributed by atoms with Crippen molar-refractivity contribution >= 4 is 29.2 Å². The first-order valence-corrected chi connectivity index (χ1v) is 10.1. The summed E-state index contributed by atoms with van der Waals surface area (Å²) >= 11 is 5.99. The Bertz CT molecular complexity index is 924. The molecule has 7 nitrogen and oxygen atoms in total. The third-order valence-corrected chi connectivity index (χ3v) is 5.78. The maximum Gasteiger partial charge on any atom is 0.256 e. The highest BCUT2D eigenvalue weighted by atomic mass is 35.5. The van der Waals surface area contributed by atoms with Crippen molar-refractivity contribution in [2.75, 3.05) is 32.1 Å². The largest absolute Gasteiger partial charge is 0.489 e. The normalized spacial score (nSPS) is 19.5. The van der Waals surface area contributed by atoms with Crippen molar-refractivity contribution in [1.82, 2.24) is 14.9 Å². The van der Waals surface area contributed by atoms with Crippen molar-refractivity contribution in [3.05, 3.63) is 46.7 Å². The molecule has 4 rings (SSSR count). The summed E-state index contributed by atoms with van der Waals surface area (Å²) < 4.78 is 6.11. The van der Waals surface area contributed by atoms with Gasteiger partial charge in [0.05, 0.1) is 11.1 Å². The van der Waals surface area contributed by atoms with E-state index in [4.69, 9.17) is 16.3 Å². The van der Waals surface area contributed by atoms with Crippen LogP contribution < -0.4 is 9.64 Å². The number of hydrogen-bond acceptors (Lipinski definition) is 6. The van der Waals surface area contributed by atoms with Crippen molar-refractivity contribution in [2.45, 2.75) is 25.4 Å². The molecule has 1 amide bonds. The van der Waals surface area contributed by atoms with Crippen LogP contribution in [0.2, 0.25) is 5.02 Å². The summed E-state index contributed by atoms with van der Waals surface area (Å²) in [6.45, 7) is 1.25. The predicted molar refractivity (Wildman–Crippen MR) is 110 cm³/mol. The maximum atomic E-state index is 12.7. The number of ketones is 1. The topological polar surface area (TPSA) is 75.6 Å². The van der Waals surface area contributed by atoms with Crippen LogP contribution in [0.25, 0.3) is 0 Å². The van der Waals surface area contributed by atoms with E-state index in [1.165, 1.54) is 0 Å². The fourth-order valence-electron chi connectivity index (χ4n) is 3.90. The second kappa shape index (κ2) is 7.99. The van der Waals surface area contributed by atoms with Gasteiger partial charge >= 0.3 is 0 Å². The second-order valence-electron chi connectivity index (χ2n) is 7.72. The van der Waals surface area contributed by atoms with Crippen LogP contribution in [-0.2, 0) is 0 Å². The third-order valence-electron chi connectivity index (χ3n) is 5.54. The van der Waals surface area contributed by atoms with Gasteiger partial charge in [-0.25, -0.2) is 9.97 Å². The van der Waals surface area contributed by atoms with Crippen molar-refractivity contribution < 1.29 is 14.3 Å². The SMILES string of the molecule is CN(C)c1ncc(C(=O)N2CCC([C@H]3CC(=O)c4cc(Cl)ccc4O3)CC2)cn1. The number of rotatable bonds is 3. The van der Waals surface area contributed by atoms with Gasteiger partial charge in [0.25, 0.3) is 5.91 Å². The van der Waals surface area contributed by atoms with E-state index in [1.807, 2.05) is 19.0 Å². The van der Waals surface area contributed by atoms with Crippen molar-refractivity contribution in [2.24, 2.45) is 5.92 Å². The first kappa shape index (κ1) is 19.6. The molecule has 8 heteroatoms. The lowest BCUT2D eigenvalue weighted by atomic mass is 9.86. The van der Waals surface area contributed by atoms with E-state index in [0.29, 0.717) is 47.4 Å². The summed E-state index contributed by atoms with van der Waals surface area (Å²) in [5.74, 6) is 1.41. The van der Waals surface area contributed by atoms with Crippen molar-refractivity contribution in [3.8, 4) is 5.75 Å². The van der Waals surface area contributed by atoms with E-state index in [1.54, 1.807) is 35.5 Å². The van der Waals surface area contributed by atoms with Gasteiger partial charge in [-0.1, -0.05) is 11.6 Å². The number of ether oxygens (including phenoxy) is 1. The molecule has 1 aromatic heterocycles. The zero-order valence-corrected chi connectivity index (χ0v) is 17.2. The molecule has 2 aliphatic rings. The summed E-state index contributed by atoms with van der Waals surface area (Å²) in [5.41, 5.74) is 1.05. The van der Waals surface area contributed by atoms with Crippen LogP contribution in [0.1, 0.15) is 40.0 Å². The molecule has 3 heterocycles. The molecule has 2 aliphatic heterocycles. The van der Waals surface area contributed by atoms with E-state index in [9.17, 15) is 9.59 Å². The van der Waals surface area contributed by atoms with Gasteiger partial charge in [0.15, 0.2) is 5.78 Å². The van der Waals surface area contributed by atoms with Gasteiger partial charge in [-0.2, -0.15) is 0 Å². The predicted octanol–water partition coefficient (Wildman–Crippen LogP) is 3.08. The number of likely N-dealkylation sites (tertiary alicyclic amines) is 1. The number of anilines is 1. The number of halogens is 1. The lowest BCUT2D eigenvalue weighted by Gasteiger charge is -2.37. The van der Waals surface area contributed by atoms with Crippen molar-refractivity contribution in [1.29, 1.82) is 0 Å². The average molecular weight is 415 g/mol. The zero-order valence-electron chi connectivity index (χ0n) is 16.5. The number of aromatic nitrogens is 2. The van der Waals surface area contributed by atoms with E-state index >= 15 is 0 Å². The molecule has 0 radical (unpaired) electrons. The molecule has 0 bridgehead atoms. The first-order valence-electron chi connectivity index (χ1n) is 9.70. The highest BCUT2D eigenvalue weighted by molar-refractivity contribution is 6.31. The van der Waals surface area contributed by atoms with Gasteiger partial charge in [-0.05, 0) is 37.0 Å². The molecule has 29 heavy (non-hydrogen) atoms. The average Bonchev–Trinajstić information content (AvgIpc) is 2.74. The number of fused-ring (bicyclic) bond motifs is 1. The van der Waals surface area contributed by atoms with Gasteiger partial charge in [0.1, 0.15) is 11.9 Å². The highest BCUT2D eigenvalue weighted by Crippen LogP contribution is 2.35. The number of hydrogen-bond donors (Lipinski definition) is 0. The van der Waals surface area contributed by atoms with Crippen molar-refractivity contribution in [3.63, 3.8) is 0 Å². The minimum Gasteiger partial charge on any atom is -0.489 e. The number of Topliss-reactive ketones (excluding diaryl/α,β-unsaturated/α-hetero) is 1. The van der Waals surface area contributed by atoms with E-state index in [0.717, 1.165) is 12.8 Å². The van der Waals surface area contributed by atoms with E-state index in [-0.39, 0.29) is 23.7 Å². The van der Waals surface area contributed by atoms with Gasteiger partial charge < -0.3 is 14.5 Å². The fraction of sp³-hybridized carbons (Fsp3) is 0.429.